The summed E-state index contributed by atoms with van der Waals surface area (Å²) in [7, 11) is 0. The van der Waals surface area contributed by atoms with Gasteiger partial charge in [-0.2, -0.15) is 0 Å². The van der Waals surface area contributed by atoms with E-state index in [2.05, 4.69) is 43.5 Å². The van der Waals surface area contributed by atoms with Gasteiger partial charge < -0.3 is 15.7 Å². The Labute approximate surface area is 180 Å². The molecule has 4 nitrogen and oxygen atoms in total. The van der Waals surface area contributed by atoms with Gasteiger partial charge in [0.15, 0.2) is 5.78 Å². The fraction of sp³-hybridized carbons (Fsp3) is 0.348. The number of ketones is 1. The number of carbonyl (C=O) groups is 1. The number of allylic oxidation sites excluding steroid dienone is 1. The lowest BCUT2D eigenvalue weighted by Gasteiger charge is -2.34. The van der Waals surface area contributed by atoms with E-state index in [1.807, 2.05) is 6.92 Å². The average Bonchev–Trinajstić information content (AvgIpc) is 2.74. The molecule has 0 aromatic heterocycles. The molecule has 0 bridgehead atoms. The fourth-order valence-electron chi connectivity index (χ4n) is 4.25. The van der Waals surface area contributed by atoms with Crippen LogP contribution in [0.25, 0.3) is 0 Å². The van der Waals surface area contributed by atoms with E-state index in [4.69, 9.17) is 23.2 Å². The third-order valence-electron chi connectivity index (χ3n) is 5.80. The molecule has 2 aromatic rings. The van der Waals surface area contributed by atoms with Crippen LogP contribution in [-0.2, 0) is 4.79 Å². The minimum atomic E-state index is -0.555. The molecule has 0 radical (unpaired) electrons. The van der Waals surface area contributed by atoms with Gasteiger partial charge in [-0.1, -0.05) is 37.0 Å². The van der Waals surface area contributed by atoms with Crippen LogP contribution in [0.4, 0.5) is 11.4 Å². The molecule has 2 aromatic carbocycles. The number of phenolic OH excluding ortho intramolecular Hbond substituents is 1. The minimum Gasteiger partial charge on any atom is -0.506 e. The highest BCUT2D eigenvalue weighted by molar-refractivity contribution is 6.35. The Bertz CT molecular complexity index is 1070. The lowest BCUT2D eigenvalue weighted by molar-refractivity contribution is -0.118. The van der Waals surface area contributed by atoms with E-state index in [0.29, 0.717) is 22.6 Å². The smallest absolute Gasteiger partial charge is 0.163 e. The minimum absolute atomic E-state index is 0.0537. The number of nitrogens with one attached hydrogen (secondary N) is 2. The highest BCUT2D eigenvalue weighted by atomic mass is 35.5. The van der Waals surface area contributed by atoms with Crippen molar-refractivity contribution in [2.24, 2.45) is 5.41 Å². The number of benzene rings is 2. The van der Waals surface area contributed by atoms with Crippen molar-refractivity contribution in [3.8, 4) is 5.75 Å². The Morgan fingerprint density at radius 1 is 1.03 bits per heavy atom. The number of aromatic hydroxyl groups is 1. The van der Waals surface area contributed by atoms with Crippen molar-refractivity contribution < 1.29 is 9.90 Å². The molecule has 152 valence electrons. The van der Waals surface area contributed by atoms with Crippen LogP contribution in [0.1, 0.15) is 49.4 Å². The van der Waals surface area contributed by atoms with Crippen molar-refractivity contribution in [2.45, 2.75) is 46.6 Å². The van der Waals surface area contributed by atoms with Gasteiger partial charge >= 0.3 is 0 Å². The standard InChI is InChI=1S/C23H24Cl2N2O2/c1-11-5-16-17(6-12(11)2)27-21(14-7-13(24)8-15(25)22(14)29)20-18(26-16)9-23(3,4)10-19(20)28/h5-8,21,26-27,29H,9-10H2,1-4H3/t21-/m1/s1. The SMILES string of the molecule is Cc1cc2c(cc1C)N[C@H](c1cc(Cl)cc(Cl)c1O)C1=C(CC(C)(C)CC1=O)N2. The van der Waals surface area contributed by atoms with E-state index in [0.717, 1.165) is 34.6 Å². The monoisotopic (exact) mass is 430 g/mol. The molecule has 29 heavy (non-hydrogen) atoms. The van der Waals surface area contributed by atoms with Gasteiger partial charge in [-0.15, -0.1) is 0 Å². The first-order chi connectivity index (χ1) is 13.6. The molecule has 0 saturated carbocycles. The maximum Gasteiger partial charge on any atom is 0.163 e. The Morgan fingerprint density at radius 2 is 1.69 bits per heavy atom. The molecule has 1 heterocycles. The molecule has 1 atom stereocenters. The van der Waals surface area contributed by atoms with Crippen LogP contribution < -0.4 is 10.6 Å². The highest BCUT2D eigenvalue weighted by Gasteiger charge is 2.39. The summed E-state index contributed by atoms with van der Waals surface area (Å²) in [6.45, 7) is 8.30. The Balaban J connectivity index is 1.97. The molecule has 0 spiro atoms. The van der Waals surface area contributed by atoms with Crippen LogP contribution in [-0.4, -0.2) is 10.9 Å². The number of phenols is 1. The second kappa shape index (κ2) is 6.96. The molecule has 6 heteroatoms. The van der Waals surface area contributed by atoms with Crippen molar-refractivity contribution in [2.75, 3.05) is 10.6 Å². The Morgan fingerprint density at radius 3 is 2.38 bits per heavy atom. The summed E-state index contributed by atoms with van der Waals surface area (Å²) < 4.78 is 0. The second-order valence-electron chi connectivity index (χ2n) is 8.84. The Kier molecular flexibility index (Phi) is 4.83. The average molecular weight is 431 g/mol. The van der Waals surface area contributed by atoms with Gasteiger partial charge in [0.05, 0.1) is 22.4 Å². The van der Waals surface area contributed by atoms with E-state index in [1.165, 1.54) is 6.07 Å². The van der Waals surface area contributed by atoms with Crippen LogP contribution in [0, 0.1) is 19.3 Å². The van der Waals surface area contributed by atoms with Crippen LogP contribution in [0.2, 0.25) is 10.0 Å². The number of anilines is 2. The van der Waals surface area contributed by atoms with E-state index < -0.39 is 6.04 Å². The Hall–Kier alpha value is -2.17. The molecule has 2 aliphatic rings. The number of Topliss-reactive ketones (excluding diaryl/α,β-unsaturated/α-hetero) is 1. The third kappa shape index (κ3) is 3.60. The summed E-state index contributed by atoms with van der Waals surface area (Å²) >= 11 is 12.4. The lowest BCUT2D eigenvalue weighted by Crippen LogP contribution is -2.31. The predicted molar refractivity (Wildman–Crippen MR) is 119 cm³/mol. The first-order valence-electron chi connectivity index (χ1n) is 9.65. The fourth-order valence-corrected chi connectivity index (χ4v) is 4.76. The number of halogens is 2. The zero-order chi connectivity index (χ0) is 21.1. The molecular formula is C23H24Cl2N2O2. The molecule has 4 rings (SSSR count). The van der Waals surface area contributed by atoms with Crippen LogP contribution in [0.3, 0.4) is 0 Å². The summed E-state index contributed by atoms with van der Waals surface area (Å²) in [4.78, 5) is 13.3. The van der Waals surface area contributed by atoms with Gasteiger partial charge in [0.25, 0.3) is 0 Å². The van der Waals surface area contributed by atoms with Crippen molar-refractivity contribution in [1.29, 1.82) is 0 Å². The molecule has 0 fully saturated rings. The number of hydrogen-bond acceptors (Lipinski definition) is 4. The van der Waals surface area contributed by atoms with Crippen LogP contribution in [0.15, 0.2) is 35.5 Å². The van der Waals surface area contributed by atoms with E-state index >= 15 is 0 Å². The van der Waals surface area contributed by atoms with Crippen molar-refractivity contribution in [3.05, 3.63) is 62.3 Å². The van der Waals surface area contributed by atoms with Gasteiger partial charge in [0, 0.05) is 28.3 Å². The molecular weight excluding hydrogens is 407 g/mol. The number of rotatable bonds is 1. The number of aryl methyl sites for hydroxylation is 2. The first-order valence-corrected chi connectivity index (χ1v) is 10.4. The van der Waals surface area contributed by atoms with Crippen LogP contribution >= 0.6 is 23.2 Å². The number of fused-ring (bicyclic) bond motifs is 1. The van der Waals surface area contributed by atoms with E-state index in [-0.39, 0.29) is 22.0 Å². The maximum atomic E-state index is 13.3. The van der Waals surface area contributed by atoms with Crippen molar-refractivity contribution in [3.63, 3.8) is 0 Å². The maximum absolute atomic E-state index is 13.3. The largest absolute Gasteiger partial charge is 0.506 e. The first kappa shape index (κ1) is 20.1. The van der Waals surface area contributed by atoms with Gasteiger partial charge in [-0.05, 0) is 61.1 Å². The van der Waals surface area contributed by atoms with E-state index in [1.54, 1.807) is 6.07 Å². The highest BCUT2D eigenvalue weighted by Crippen LogP contribution is 2.48. The number of hydrogen-bond donors (Lipinski definition) is 3. The molecule has 0 unspecified atom stereocenters. The quantitative estimate of drug-likeness (QED) is 0.480. The van der Waals surface area contributed by atoms with Gasteiger partial charge in [-0.25, -0.2) is 0 Å². The zero-order valence-corrected chi connectivity index (χ0v) is 18.4. The second-order valence-corrected chi connectivity index (χ2v) is 9.69. The zero-order valence-electron chi connectivity index (χ0n) is 16.9. The van der Waals surface area contributed by atoms with Crippen molar-refractivity contribution >= 4 is 40.4 Å². The van der Waals surface area contributed by atoms with Crippen LogP contribution in [0.5, 0.6) is 5.75 Å². The van der Waals surface area contributed by atoms with E-state index in [9.17, 15) is 9.90 Å². The molecule has 1 aliphatic carbocycles. The summed E-state index contributed by atoms with van der Waals surface area (Å²) in [6.07, 6.45) is 1.17. The molecule has 3 N–H and O–H groups in total. The molecule has 0 amide bonds. The molecule has 0 saturated heterocycles. The summed E-state index contributed by atoms with van der Waals surface area (Å²) in [5.41, 5.74) is 5.94. The third-order valence-corrected chi connectivity index (χ3v) is 6.30. The van der Waals surface area contributed by atoms with Gasteiger partial charge in [0.2, 0.25) is 0 Å². The summed E-state index contributed by atoms with van der Waals surface area (Å²) in [5, 5.41) is 18.3. The van der Waals surface area contributed by atoms with Gasteiger partial charge in [0.1, 0.15) is 5.75 Å². The summed E-state index contributed by atoms with van der Waals surface area (Å²) in [5.74, 6) is -0.0108. The lowest BCUT2D eigenvalue weighted by atomic mass is 9.73. The van der Waals surface area contributed by atoms with Crippen molar-refractivity contribution in [1.82, 2.24) is 0 Å². The van der Waals surface area contributed by atoms with Gasteiger partial charge in [-0.3, -0.25) is 4.79 Å². The molecule has 1 aliphatic heterocycles. The predicted octanol–water partition coefficient (Wildman–Crippen LogP) is 6.54. The normalized spacial score (nSPS) is 20.3. The summed E-state index contributed by atoms with van der Waals surface area (Å²) in [6, 6.07) is 6.76. The topological polar surface area (TPSA) is 61.4 Å². The number of carbonyl (C=O) groups excluding carboxylic acids is 1.